The first kappa shape index (κ1) is 21.1. The molecule has 0 spiro atoms. The number of rotatable bonds is 7. The number of hydrogen-bond acceptors (Lipinski definition) is 3. The fourth-order valence-corrected chi connectivity index (χ4v) is 4.02. The number of aliphatic imine (C=N–C) groups is 1. The van der Waals surface area contributed by atoms with E-state index in [0.717, 1.165) is 43.0 Å². The van der Waals surface area contributed by atoms with Crippen molar-refractivity contribution in [2.45, 2.75) is 49.8 Å². The summed E-state index contributed by atoms with van der Waals surface area (Å²) in [4.78, 5) is 19.8. The molecular weight excluding hydrogens is 412 g/mol. The second-order valence-corrected chi connectivity index (χ2v) is 8.85. The standard InChI is InChI=1S/C19H29BrN4OS/c1-4-18(25)24-11-10-16(13-24)23-19(21-5-2)22-12-14(3)26-17-8-6-15(20)7-9-17/h6-9,14,16H,4-5,10-13H2,1-3H3,(H2,21,22,23). The van der Waals surface area contributed by atoms with E-state index in [1.165, 1.54) is 4.90 Å². The number of nitrogens with one attached hydrogen (secondary N) is 2. The lowest BCUT2D eigenvalue weighted by Crippen LogP contribution is -2.45. The Morgan fingerprint density at radius 3 is 2.77 bits per heavy atom. The SMILES string of the molecule is CCNC(=NCC(C)Sc1ccc(Br)cc1)NC1CCN(C(=O)CC)C1. The molecule has 0 bridgehead atoms. The normalized spacial score (nSPS) is 18.7. The molecule has 2 N–H and O–H groups in total. The summed E-state index contributed by atoms with van der Waals surface area (Å²) in [5.41, 5.74) is 0. The number of carbonyl (C=O) groups is 1. The molecule has 5 nitrogen and oxygen atoms in total. The van der Waals surface area contributed by atoms with Crippen LogP contribution in [-0.2, 0) is 4.79 Å². The molecule has 1 aromatic carbocycles. The monoisotopic (exact) mass is 440 g/mol. The molecule has 26 heavy (non-hydrogen) atoms. The van der Waals surface area contributed by atoms with Crippen molar-refractivity contribution < 1.29 is 4.79 Å². The van der Waals surface area contributed by atoms with Crippen molar-refractivity contribution in [3.05, 3.63) is 28.7 Å². The third kappa shape index (κ3) is 6.83. The lowest BCUT2D eigenvalue weighted by Gasteiger charge is -2.19. The van der Waals surface area contributed by atoms with Gasteiger partial charge in [0.2, 0.25) is 5.91 Å². The molecule has 1 aromatic rings. The van der Waals surface area contributed by atoms with Gasteiger partial charge in [0.05, 0.1) is 6.54 Å². The molecule has 1 aliphatic rings. The Labute approximate surface area is 169 Å². The van der Waals surface area contributed by atoms with Gasteiger partial charge in [0, 0.05) is 46.7 Å². The molecule has 1 fully saturated rings. The van der Waals surface area contributed by atoms with Gasteiger partial charge in [-0.3, -0.25) is 9.79 Å². The summed E-state index contributed by atoms with van der Waals surface area (Å²) in [5, 5.41) is 7.18. The van der Waals surface area contributed by atoms with Gasteiger partial charge in [-0.1, -0.05) is 29.8 Å². The summed E-state index contributed by atoms with van der Waals surface area (Å²) in [7, 11) is 0. The molecule has 2 rings (SSSR count). The molecule has 0 aliphatic carbocycles. The number of carbonyl (C=O) groups excluding carboxylic acids is 1. The van der Waals surface area contributed by atoms with Gasteiger partial charge in [0.25, 0.3) is 0 Å². The van der Waals surface area contributed by atoms with Crippen LogP contribution in [0.1, 0.15) is 33.6 Å². The molecule has 0 aromatic heterocycles. The number of thioether (sulfide) groups is 1. The highest BCUT2D eigenvalue weighted by Gasteiger charge is 2.25. The quantitative estimate of drug-likeness (QED) is 0.387. The lowest BCUT2D eigenvalue weighted by molar-refractivity contribution is -0.129. The minimum absolute atomic E-state index is 0.232. The summed E-state index contributed by atoms with van der Waals surface area (Å²) in [6, 6.07) is 8.64. The molecule has 1 aliphatic heterocycles. The van der Waals surface area contributed by atoms with Crippen molar-refractivity contribution in [3.63, 3.8) is 0 Å². The minimum atomic E-state index is 0.232. The molecular formula is C19H29BrN4OS. The van der Waals surface area contributed by atoms with Crippen molar-refractivity contribution in [1.82, 2.24) is 15.5 Å². The summed E-state index contributed by atoms with van der Waals surface area (Å²) in [6.07, 6.45) is 1.55. The first-order valence-corrected chi connectivity index (χ1v) is 10.9. The first-order valence-electron chi connectivity index (χ1n) is 9.26. The summed E-state index contributed by atoms with van der Waals surface area (Å²) >= 11 is 5.29. The lowest BCUT2D eigenvalue weighted by atomic mass is 10.3. The number of nitrogens with zero attached hydrogens (tertiary/aromatic N) is 2. The van der Waals surface area contributed by atoms with E-state index in [0.29, 0.717) is 11.7 Å². The third-order valence-electron chi connectivity index (χ3n) is 4.19. The number of likely N-dealkylation sites (tertiary alicyclic amines) is 1. The maximum Gasteiger partial charge on any atom is 0.222 e. The smallest absolute Gasteiger partial charge is 0.222 e. The van der Waals surface area contributed by atoms with Gasteiger partial charge in [-0.25, -0.2) is 0 Å². The van der Waals surface area contributed by atoms with Crippen molar-refractivity contribution in [3.8, 4) is 0 Å². The van der Waals surface area contributed by atoms with Gasteiger partial charge in [0.1, 0.15) is 0 Å². The van der Waals surface area contributed by atoms with E-state index in [1.54, 1.807) is 0 Å². The van der Waals surface area contributed by atoms with E-state index in [2.05, 4.69) is 64.7 Å². The van der Waals surface area contributed by atoms with Gasteiger partial charge < -0.3 is 15.5 Å². The molecule has 0 saturated carbocycles. The van der Waals surface area contributed by atoms with Crippen LogP contribution in [0.25, 0.3) is 0 Å². The predicted molar refractivity (Wildman–Crippen MR) is 114 cm³/mol. The van der Waals surface area contributed by atoms with Crippen LogP contribution in [0.2, 0.25) is 0 Å². The van der Waals surface area contributed by atoms with E-state index in [9.17, 15) is 4.79 Å². The van der Waals surface area contributed by atoms with Gasteiger partial charge in [0.15, 0.2) is 5.96 Å². The fourth-order valence-electron chi connectivity index (χ4n) is 2.84. The van der Waals surface area contributed by atoms with E-state index < -0.39 is 0 Å². The maximum atomic E-state index is 11.8. The van der Waals surface area contributed by atoms with Crippen LogP contribution in [0.15, 0.2) is 38.6 Å². The van der Waals surface area contributed by atoms with Crippen LogP contribution in [0.3, 0.4) is 0 Å². The van der Waals surface area contributed by atoms with E-state index >= 15 is 0 Å². The molecule has 1 heterocycles. The van der Waals surface area contributed by atoms with Crippen molar-refractivity contribution in [1.29, 1.82) is 0 Å². The molecule has 0 radical (unpaired) electrons. The summed E-state index contributed by atoms with van der Waals surface area (Å²) in [6.45, 7) is 9.33. The average Bonchev–Trinajstić information content (AvgIpc) is 3.10. The zero-order valence-corrected chi connectivity index (χ0v) is 18.2. The van der Waals surface area contributed by atoms with Crippen LogP contribution in [0.5, 0.6) is 0 Å². The van der Waals surface area contributed by atoms with Gasteiger partial charge in [-0.2, -0.15) is 0 Å². The number of guanidine groups is 1. The average molecular weight is 441 g/mol. The Morgan fingerprint density at radius 1 is 1.38 bits per heavy atom. The second-order valence-electron chi connectivity index (χ2n) is 6.43. The first-order chi connectivity index (χ1) is 12.5. The van der Waals surface area contributed by atoms with Gasteiger partial charge in [-0.05, 0) is 37.6 Å². The minimum Gasteiger partial charge on any atom is -0.357 e. The molecule has 2 atom stereocenters. The van der Waals surface area contributed by atoms with Crippen LogP contribution >= 0.6 is 27.7 Å². The second kappa shape index (κ2) is 10.8. The van der Waals surface area contributed by atoms with Crippen LogP contribution in [-0.4, -0.2) is 54.2 Å². The highest BCUT2D eigenvalue weighted by atomic mass is 79.9. The van der Waals surface area contributed by atoms with Crippen molar-refractivity contribution in [2.75, 3.05) is 26.2 Å². The topological polar surface area (TPSA) is 56.7 Å². The molecule has 1 amide bonds. The molecule has 2 unspecified atom stereocenters. The van der Waals surface area contributed by atoms with E-state index in [4.69, 9.17) is 4.99 Å². The summed E-state index contributed by atoms with van der Waals surface area (Å²) in [5.74, 6) is 1.07. The fraction of sp³-hybridized carbons (Fsp3) is 0.579. The highest BCUT2D eigenvalue weighted by Crippen LogP contribution is 2.24. The molecule has 7 heteroatoms. The Kier molecular flexibility index (Phi) is 8.78. The van der Waals surface area contributed by atoms with Crippen molar-refractivity contribution >= 4 is 39.6 Å². The Bertz CT molecular complexity index is 608. The third-order valence-corrected chi connectivity index (χ3v) is 5.81. The molecule has 1 saturated heterocycles. The number of benzene rings is 1. The number of hydrogen-bond donors (Lipinski definition) is 2. The van der Waals surface area contributed by atoms with E-state index in [-0.39, 0.29) is 11.9 Å². The van der Waals surface area contributed by atoms with E-state index in [1.807, 2.05) is 23.6 Å². The largest absolute Gasteiger partial charge is 0.357 e. The summed E-state index contributed by atoms with van der Waals surface area (Å²) < 4.78 is 1.10. The highest BCUT2D eigenvalue weighted by molar-refractivity contribution is 9.10. The Hall–Kier alpha value is -1.21. The Balaban J connectivity index is 1.85. The zero-order chi connectivity index (χ0) is 18.9. The van der Waals surface area contributed by atoms with Crippen LogP contribution in [0.4, 0.5) is 0 Å². The van der Waals surface area contributed by atoms with Crippen LogP contribution < -0.4 is 10.6 Å². The zero-order valence-electron chi connectivity index (χ0n) is 15.8. The maximum absolute atomic E-state index is 11.8. The molecule has 144 valence electrons. The van der Waals surface area contributed by atoms with Crippen molar-refractivity contribution in [2.24, 2.45) is 4.99 Å². The van der Waals surface area contributed by atoms with Crippen LogP contribution in [0, 0.1) is 0 Å². The van der Waals surface area contributed by atoms with Gasteiger partial charge >= 0.3 is 0 Å². The number of amides is 1. The number of halogens is 1. The van der Waals surface area contributed by atoms with Gasteiger partial charge in [-0.15, -0.1) is 11.8 Å². The Morgan fingerprint density at radius 2 is 2.12 bits per heavy atom. The predicted octanol–water partition coefficient (Wildman–Crippen LogP) is 3.50.